The Kier molecular flexibility index (Phi) is 6.21. The molecule has 2 atom stereocenters. The van der Waals surface area contributed by atoms with Crippen LogP contribution in [0.4, 0.5) is 0 Å². The van der Waals surface area contributed by atoms with Gasteiger partial charge in [-0.15, -0.1) is 11.8 Å². The molecule has 0 radical (unpaired) electrons. The van der Waals surface area contributed by atoms with Crippen LogP contribution >= 0.6 is 11.8 Å². The molecule has 3 heteroatoms. The van der Waals surface area contributed by atoms with Gasteiger partial charge < -0.3 is 10.1 Å². The molecule has 1 aliphatic rings. The third-order valence-electron chi connectivity index (χ3n) is 3.70. The minimum absolute atomic E-state index is 0.576. The van der Waals surface area contributed by atoms with E-state index in [2.05, 4.69) is 43.4 Å². The molecule has 1 aromatic carbocycles. The molecule has 0 bridgehead atoms. The maximum absolute atomic E-state index is 5.54. The third-order valence-corrected chi connectivity index (χ3v) is 5.00. The number of hydrogen-bond acceptors (Lipinski definition) is 3. The summed E-state index contributed by atoms with van der Waals surface area (Å²) in [7, 11) is 0. The van der Waals surface area contributed by atoms with Gasteiger partial charge in [0, 0.05) is 29.2 Å². The lowest BCUT2D eigenvalue weighted by Gasteiger charge is -2.23. The van der Waals surface area contributed by atoms with Gasteiger partial charge in [-0.3, -0.25) is 0 Å². The van der Waals surface area contributed by atoms with Gasteiger partial charge in [-0.25, -0.2) is 0 Å². The van der Waals surface area contributed by atoms with E-state index in [1.54, 1.807) is 0 Å². The fraction of sp³-hybridized carbons (Fsp3) is 0.625. The van der Waals surface area contributed by atoms with Gasteiger partial charge in [0.1, 0.15) is 0 Å². The van der Waals surface area contributed by atoms with Gasteiger partial charge in [0.05, 0.1) is 6.61 Å². The molecule has 19 heavy (non-hydrogen) atoms. The Balaban J connectivity index is 1.90. The second-order valence-electron chi connectivity index (χ2n) is 5.26. The lowest BCUT2D eigenvalue weighted by Crippen LogP contribution is -2.39. The number of benzene rings is 1. The van der Waals surface area contributed by atoms with Crippen LogP contribution in [0.3, 0.4) is 0 Å². The van der Waals surface area contributed by atoms with Crippen LogP contribution in [-0.4, -0.2) is 31.6 Å². The molecule has 106 valence electrons. The van der Waals surface area contributed by atoms with E-state index < -0.39 is 0 Å². The van der Waals surface area contributed by atoms with E-state index in [0.717, 1.165) is 25.5 Å². The first kappa shape index (κ1) is 14.9. The Hall–Kier alpha value is -0.510. The van der Waals surface area contributed by atoms with Crippen LogP contribution in [0.1, 0.15) is 25.3 Å². The van der Waals surface area contributed by atoms with Crippen molar-refractivity contribution in [2.75, 3.05) is 25.5 Å². The van der Waals surface area contributed by atoms with Crippen molar-refractivity contribution in [1.82, 2.24) is 5.32 Å². The summed E-state index contributed by atoms with van der Waals surface area (Å²) in [5.74, 6) is 1.82. The molecule has 0 spiro atoms. The lowest BCUT2D eigenvalue weighted by atomic mass is 10.0. The summed E-state index contributed by atoms with van der Waals surface area (Å²) < 4.78 is 5.54. The smallest absolute Gasteiger partial charge is 0.0510 e. The molecule has 1 saturated heterocycles. The normalized spacial score (nSPS) is 20.6. The number of ether oxygens (including phenoxy) is 1. The second kappa shape index (κ2) is 7.93. The highest BCUT2D eigenvalue weighted by atomic mass is 32.2. The summed E-state index contributed by atoms with van der Waals surface area (Å²) in [4.78, 5) is 1.41. The van der Waals surface area contributed by atoms with Crippen LogP contribution in [0, 0.1) is 12.8 Å². The number of thioether (sulfide) groups is 1. The van der Waals surface area contributed by atoms with Crippen LogP contribution in [0.25, 0.3) is 0 Å². The van der Waals surface area contributed by atoms with Crippen molar-refractivity contribution in [3.8, 4) is 0 Å². The predicted octanol–water partition coefficient (Wildman–Crippen LogP) is 3.49. The molecule has 1 fully saturated rings. The monoisotopic (exact) mass is 279 g/mol. The molecule has 2 nitrogen and oxygen atoms in total. The van der Waals surface area contributed by atoms with Gasteiger partial charge in [-0.2, -0.15) is 0 Å². The quantitative estimate of drug-likeness (QED) is 0.772. The second-order valence-corrected chi connectivity index (χ2v) is 6.32. The zero-order valence-electron chi connectivity index (χ0n) is 12.0. The highest BCUT2D eigenvalue weighted by Crippen LogP contribution is 2.26. The van der Waals surface area contributed by atoms with Crippen molar-refractivity contribution < 1.29 is 4.74 Å². The molecule has 0 amide bonds. The van der Waals surface area contributed by atoms with Gasteiger partial charge in [-0.1, -0.05) is 25.1 Å². The first-order valence-corrected chi connectivity index (χ1v) is 8.29. The maximum Gasteiger partial charge on any atom is 0.0510 e. The molecule has 1 aliphatic heterocycles. The van der Waals surface area contributed by atoms with Crippen molar-refractivity contribution in [1.29, 1.82) is 0 Å². The highest BCUT2D eigenvalue weighted by molar-refractivity contribution is 7.99. The molecule has 2 rings (SSSR count). The van der Waals surface area contributed by atoms with Gasteiger partial charge in [0.15, 0.2) is 0 Å². The van der Waals surface area contributed by atoms with E-state index in [1.165, 1.54) is 23.3 Å². The van der Waals surface area contributed by atoms with Crippen LogP contribution in [0.15, 0.2) is 29.2 Å². The average molecular weight is 279 g/mol. The summed E-state index contributed by atoms with van der Waals surface area (Å²) in [5.41, 5.74) is 1.38. The molecule has 0 saturated carbocycles. The molecule has 2 unspecified atom stereocenters. The van der Waals surface area contributed by atoms with Crippen LogP contribution < -0.4 is 5.32 Å². The minimum Gasteiger partial charge on any atom is -0.381 e. The first-order chi connectivity index (χ1) is 9.31. The fourth-order valence-electron chi connectivity index (χ4n) is 2.46. The number of aryl methyl sites for hydroxylation is 1. The van der Waals surface area contributed by atoms with Gasteiger partial charge in [-0.05, 0) is 37.9 Å². The zero-order valence-corrected chi connectivity index (χ0v) is 12.8. The largest absolute Gasteiger partial charge is 0.381 e. The molecule has 1 aromatic rings. The molecule has 0 aromatic heterocycles. The van der Waals surface area contributed by atoms with E-state index in [1.807, 2.05) is 11.8 Å². The first-order valence-electron chi connectivity index (χ1n) is 7.30. The van der Waals surface area contributed by atoms with Crippen molar-refractivity contribution in [2.24, 2.45) is 5.92 Å². The Morgan fingerprint density at radius 2 is 2.26 bits per heavy atom. The van der Waals surface area contributed by atoms with Gasteiger partial charge in [0.2, 0.25) is 0 Å². The topological polar surface area (TPSA) is 21.3 Å². The van der Waals surface area contributed by atoms with Crippen molar-refractivity contribution in [3.05, 3.63) is 29.8 Å². The lowest BCUT2D eigenvalue weighted by molar-refractivity contribution is 0.179. The van der Waals surface area contributed by atoms with Crippen LogP contribution in [0.2, 0.25) is 0 Å². The van der Waals surface area contributed by atoms with E-state index in [4.69, 9.17) is 4.74 Å². The van der Waals surface area contributed by atoms with Crippen LogP contribution in [-0.2, 0) is 4.74 Å². The van der Waals surface area contributed by atoms with Gasteiger partial charge >= 0.3 is 0 Å². The highest BCUT2D eigenvalue weighted by Gasteiger charge is 2.25. The van der Waals surface area contributed by atoms with Crippen molar-refractivity contribution >= 4 is 11.8 Å². The Labute approximate surface area is 121 Å². The van der Waals surface area contributed by atoms with E-state index in [0.29, 0.717) is 12.0 Å². The average Bonchev–Trinajstić information content (AvgIpc) is 2.94. The maximum atomic E-state index is 5.54. The van der Waals surface area contributed by atoms with Crippen molar-refractivity contribution in [2.45, 2.75) is 37.6 Å². The van der Waals surface area contributed by atoms with Crippen molar-refractivity contribution in [3.63, 3.8) is 0 Å². The van der Waals surface area contributed by atoms with Crippen LogP contribution in [0.5, 0.6) is 0 Å². The number of nitrogens with one attached hydrogen (secondary N) is 1. The summed E-state index contributed by atoms with van der Waals surface area (Å²) >= 11 is 1.97. The zero-order chi connectivity index (χ0) is 13.5. The Morgan fingerprint density at radius 3 is 2.95 bits per heavy atom. The fourth-order valence-corrected chi connectivity index (χ4v) is 3.68. The SMILES string of the molecule is CCCNC(CSc1ccccc1C)C1CCOC1. The Morgan fingerprint density at radius 1 is 1.42 bits per heavy atom. The number of hydrogen-bond donors (Lipinski definition) is 1. The minimum atomic E-state index is 0.576. The Bertz CT molecular complexity index is 377. The number of rotatable bonds is 7. The van der Waals surface area contributed by atoms with E-state index >= 15 is 0 Å². The standard InChI is InChI=1S/C16H25NOS/c1-3-9-17-15(14-8-10-18-11-14)12-19-16-7-5-4-6-13(16)2/h4-7,14-15,17H,3,8-12H2,1-2H3. The summed E-state index contributed by atoms with van der Waals surface area (Å²) in [6.45, 7) is 7.38. The molecule has 0 aliphatic carbocycles. The molecular formula is C16H25NOS. The van der Waals surface area contributed by atoms with Gasteiger partial charge in [0.25, 0.3) is 0 Å². The van der Waals surface area contributed by atoms with E-state index in [-0.39, 0.29) is 0 Å². The van der Waals surface area contributed by atoms with E-state index in [9.17, 15) is 0 Å². The summed E-state index contributed by atoms with van der Waals surface area (Å²) in [6, 6.07) is 9.23. The molecular weight excluding hydrogens is 254 g/mol. The molecule has 1 heterocycles. The summed E-state index contributed by atoms with van der Waals surface area (Å²) in [5, 5.41) is 3.70. The molecule has 1 N–H and O–H groups in total. The third kappa shape index (κ3) is 4.51. The predicted molar refractivity (Wildman–Crippen MR) is 82.9 cm³/mol. The summed E-state index contributed by atoms with van der Waals surface area (Å²) in [6.07, 6.45) is 2.40.